The number of thiazole rings is 1. The third kappa shape index (κ3) is 2.53. The number of benzene rings is 1. The number of aryl methyl sites for hydroxylation is 2. The molecule has 22 heavy (non-hydrogen) atoms. The van der Waals surface area contributed by atoms with E-state index in [9.17, 15) is 0 Å². The molecule has 0 aliphatic heterocycles. The molecule has 2 N–H and O–H groups in total. The van der Waals surface area contributed by atoms with Gasteiger partial charge in [0.1, 0.15) is 0 Å². The summed E-state index contributed by atoms with van der Waals surface area (Å²) in [6, 6.07) is 8.19. The fourth-order valence-electron chi connectivity index (χ4n) is 3.03. The van der Waals surface area contributed by atoms with Crippen molar-refractivity contribution in [3.05, 3.63) is 41.0 Å². The minimum absolute atomic E-state index is 0.377. The van der Waals surface area contributed by atoms with Crippen molar-refractivity contribution in [2.75, 3.05) is 0 Å². The van der Waals surface area contributed by atoms with E-state index in [2.05, 4.69) is 21.2 Å². The average Bonchev–Trinajstić information content (AvgIpc) is 3.24. The first-order chi connectivity index (χ1) is 10.7. The third-order valence-electron chi connectivity index (χ3n) is 4.30. The summed E-state index contributed by atoms with van der Waals surface area (Å²) in [5, 5.41) is 5.20. The van der Waals surface area contributed by atoms with Crippen molar-refractivity contribution in [3.8, 4) is 0 Å². The summed E-state index contributed by atoms with van der Waals surface area (Å²) >= 11 is 1.72. The van der Waals surface area contributed by atoms with E-state index in [1.165, 1.54) is 4.70 Å². The van der Waals surface area contributed by atoms with Crippen LogP contribution in [0.15, 0.2) is 28.8 Å². The number of rotatable bonds is 4. The fraction of sp³-hybridized carbons (Fsp3) is 0.438. The molecule has 1 aromatic carbocycles. The normalized spacial score (nSPS) is 17.3. The van der Waals surface area contributed by atoms with Gasteiger partial charge in [-0.15, -0.1) is 11.3 Å². The summed E-state index contributed by atoms with van der Waals surface area (Å²) in [7, 11) is 0. The Morgan fingerprint density at radius 1 is 1.14 bits per heavy atom. The smallest absolute Gasteiger partial charge is 0.227 e. The summed E-state index contributed by atoms with van der Waals surface area (Å²) in [6.07, 6.45) is 5.72. The lowest BCUT2D eigenvalue weighted by molar-refractivity contribution is 0.348. The molecule has 6 heteroatoms. The molecule has 1 fully saturated rings. The van der Waals surface area contributed by atoms with Gasteiger partial charge in [0, 0.05) is 12.8 Å². The summed E-state index contributed by atoms with van der Waals surface area (Å²) in [4.78, 5) is 9.14. The molecule has 0 saturated heterocycles. The summed E-state index contributed by atoms with van der Waals surface area (Å²) < 4.78 is 6.59. The topological polar surface area (TPSA) is 77.8 Å². The molecule has 0 atom stereocenters. The fourth-order valence-corrected chi connectivity index (χ4v) is 4.00. The average molecular weight is 314 g/mol. The highest BCUT2D eigenvalue weighted by atomic mass is 32.1. The highest BCUT2D eigenvalue weighted by Crippen LogP contribution is 2.34. The Morgan fingerprint density at radius 3 is 2.77 bits per heavy atom. The van der Waals surface area contributed by atoms with Crippen LogP contribution in [0.25, 0.3) is 10.2 Å². The number of nitrogens with zero attached hydrogens (tertiary/aromatic N) is 3. The van der Waals surface area contributed by atoms with E-state index >= 15 is 0 Å². The second-order valence-corrected chi connectivity index (χ2v) is 7.07. The van der Waals surface area contributed by atoms with Gasteiger partial charge in [-0.3, -0.25) is 0 Å². The van der Waals surface area contributed by atoms with Crippen LogP contribution in [0.1, 0.15) is 42.4 Å². The second-order valence-electron chi connectivity index (χ2n) is 5.95. The maximum atomic E-state index is 6.36. The zero-order chi connectivity index (χ0) is 15.0. The van der Waals surface area contributed by atoms with E-state index in [0.29, 0.717) is 18.1 Å². The molecule has 4 rings (SSSR count). The molecule has 1 aliphatic carbocycles. The Balaban J connectivity index is 1.46. The highest BCUT2D eigenvalue weighted by molar-refractivity contribution is 7.18. The predicted octanol–water partition coefficient (Wildman–Crippen LogP) is 3.19. The quantitative estimate of drug-likeness (QED) is 0.800. The molecular weight excluding hydrogens is 296 g/mol. The number of fused-ring (bicyclic) bond motifs is 1. The zero-order valence-electron chi connectivity index (χ0n) is 12.3. The number of para-hydroxylation sites is 1. The predicted molar refractivity (Wildman–Crippen MR) is 85.7 cm³/mol. The Bertz CT molecular complexity index is 755. The van der Waals surface area contributed by atoms with E-state index in [1.54, 1.807) is 11.3 Å². The SMILES string of the molecule is NC1(c2noc(CCc3nc4ccccc4s3)n2)CCCC1. The first kappa shape index (κ1) is 13.8. The van der Waals surface area contributed by atoms with Gasteiger partial charge in [-0.1, -0.05) is 30.1 Å². The molecule has 2 heterocycles. The van der Waals surface area contributed by atoms with Crippen LogP contribution in [0.3, 0.4) is 0 Å². The number of hydrogen-bond donors (Lipinski definition) is 1. The first-order valence-electron chi connectivity index (χ1n) is 7.69. The summed E-state index contributed by atoms with van der Waals surface area (Å²) in [6.45, 7) is 0. The van der Waals surface area contributed by atoms with Crippen LogP contribution in [0.4, 0.5) is 0 Å². The van der Waals surface area contributed by atoms with Crippen molar-refractivity contribution in [1.82, 2.24) is 15.1 Å². The van der Waals surface area contributed by atoms with E-state index in [0.717, 1.165) is 42.6 Å². The van der Waals surface area contributed by atoms with Crippen molar-refractivity contribution in [1.29, 1.82) is 0 Å². The van der Waals surface area contributed by atoms with Crippen LogP contribution in [0.5, 0.6) is 0 Å². The monoisotopic (exact) mass is 314 g/mol. The molecule has 1 aliphatic rings. The molecule has 0 spiro atoms. The van der Waals surface area contributed by atoms with Gasteiger partial charge in [-0.25, -0.2) is 4.98 Å². The van der Waals surface area contributed by atoms with Gasteiger partial charge < -0.3 is 10.3 Å². The van der Waals surface area contributed by atoms with Crippen molar-refractivity contribution < 1.29 is 4.52 Å². The Labute approximate surface area is 132 Å². The summed E-state index contributed by atoms with van der Waals surface area (Å²) in [5.41, 5.74) is 7.04. The molecule has 3 aromatic rings. The molecule has 0 unspecified atom stereocenters. The standard InChI is InChI=1S/C16H18N4OS/c17-16(9-3-4-10-16)15-19-13(21-20-15)7-8-14-18-11-5-1-2-6-12(11)22-14/h1-2,5-6H,3-4,7-10,17H2. The molecule has 0 radical (unpaired) electrons. The van der Waals surface area contributed by atoms with Gasteiger partial charge in [0.05, 0.1) is 20.8 Å². The van der Waals surface area contributed by atoms with Gasteiger partial charge in [-0.05, 0) is 25.0 Å². The van der Waals surface area contributed by atoms with Gasteiger partial charge in [0.25, 0.3) is 0 Å². The zero-order valence-corrected chi connectivity index (χ0v) is 13.1. The molecule has 0 bridgehead atoms. The Hall–Kier alpha value is -1.79. The lowest BCUT2D eigenvalue weighted by atomic mass is 9.99. The van der Waals surface area contributed by atoms with Crippen LogP contribution >= 0.6 is 11.3 Å². The lowest BCUT2D eigenvalue weighted by Gasteiger charge is -2.17. The minimum atomic E-state index is -0.377. The molecule has 1 saturated carbocycles. The van der Waals surface area contributed by atoms with Crippen LogP contribution in [-0.2, 0) is 18.4 Å². The molecular formula is C16H18N4OS. The van der Waals surface area contributed by atoms with Crippen LogP contribution in [-0.4, -0.2) is 15.1 Å². The van der Waals surface area contributed by atoms with Crippen molar-refractivity contribution in [2.24, 2.45) is 5.73 Å². The maximum absolute atomic E-state index is 6.36. The second kappa shape index (κ2) is 5.44. The lowest BCUT2D eigenvalue weighted by Crippen LogP contribution is -2.34. The highest BCUT2D eigenvalue weighted by Gasteiger charge is 2.35. The third-order valence-corrected chi connectivity index (χ3v) is 5.40. The van der Waals surface area contributed by atoms with Crippen LogP contribution in [0.2, 0.25) is 0 Å². The Morgan fingerprint density at radius 2 is 1.95 bits per heavy atom. The van der Waals surface area contributed by atoms with E-state index in [4.69, 9.17) is 10.3 Å². The number of hydrogen-bond acceptors (Lipinski definition) is 6. The number of aromatic nitrogens is 3. The van der Waals surface area contributed by atoms with E-state index in [-0.39, 0.29) is 5.54 Å². The van der Waals surface area contributed by atoms with Crippen molar-refractivity contribution in [3.63, 3.8) is 0 Å². The van der Waals surface area contributed by atoms with Crippen LogP contribution < -0.4 is 5.73 Å². The van der Waals surface area contributed by atoms with Crippen molar-refractivity contribution >= 4 is 21.6 Å². The largest absolute Gasteiger partial charge is 0.339 e. The maximum Gasteiger partial charge on any atom is 0.227 e. The van der Waals surface area contributed by atoms with Crippen LogP contribution in [0, 0.1) is 0 Å². The number of nitrogens with two attached hydrogens (primary N) is 1. The molecule has 114 valence electrons. The van der Waals surface area contributed by atoms with Crippen molar-refractivity contribution in [2.45, 2.75) is 44.1 Å². The molecule has 2 aromatic heterocycles. The first-order valence-corrected chi connectivity index (χ1v) is 8.51. The molecule has 5 nitrogen and oxygen atoms in total. The van der Waals surface area contributed by atoms with Gasteiger partial charge >= 0.3 is 0 Å². The van der Waals surface area contributed by atoms with Gasteiger partial charge in [0.2, 0.25) is 5.89 Å². The van der Waals surface area contributed by atoms with E-state index < -0.39 is 0 Å². The molecule has 0 amide bonds. The summed E-state index contributed by atoms with van der Waals surface area (Å²) in [5.74, 6) is 1.33. The van der Waals surface area contributed by atoms with Gasteiger partial charge in [-0.2, -0.15) is 4.98 Å². The van der Waals surface area contributed by atoms with Gasteiger partial charge in [0.15, 0.2) is 5.82 Å². The van der Waals surface area contributed by atoms with E-state index in [1.807, 2.05) is 18.2 Å². The minimum Gasteiger partial charge on any atom is -0.339 e. The Kier molecular flexibility index (Phi) is 3.43.